The highest BCUT2D eigenvalue weighted by molar-refractivity contribution is 7.10. The number of thiophene rings is 1. The molecule has 34 heavy (non-hydrogen) atoms. The van der Waals surface area contributed by atoms with Gasteiger partial charge in [-0.2, -0.15) is 0 Å². The van der Waals surface area contributed by atoms with Gasteiger partial charge in [-0.25, -0.2) is 0 Å². The van der Waals surface area contributed by atoms with Crippen LogP contribution in [0.4, 0.5) is 0 Å². The molecule has 1 aliphatic rings. The Morgan fingerprint density at radius 3 is 2.59 bits per heavy atom. The molecule has 1 aliphatic heterocycles. The van der Waals surface area contributed by atoms with Gasteiger partial charge in [-0.3, -0.25) is 9.59 Å². The molecular weight excluding hydrogens is 468 g/mol. The molecule has 0 N–H and O–H groups in total. The third-order valence-electron chi connectivity index (χ3n) is 6.20. The summed E-state index contributed by atoms with van der Waals surface area (Å²) in [6.45, 7) is 6.77. The first-order valence-corrected chi connectivity index (χ1v) is 12.7. The Morgan fingerprint density at radius 2 is 1.88 bits per heavy atom. The zero-order valence-electron chi connectivity index (χ0n) is 19.7. The van der Waals surface area contributed by atoms with Crippen molar-refractivity contribution < 1.29 is 14.3 Å². The predicted octanol–water partition coefficient (Wildman–Crippen LogP) is 5.77. The number of ether oxygens (including phenoxy) is 1. The van der Waals surface area contributed by atoms with Gasteiger partial charge >= 0.3 is 0 Å². The second kappa shape index (κ2) is 10.6. The molecule has 0 radical (unpaired) electrons. The summed E-state index contributed by atoms with van der Waals surface area (Å²) in [5, 5.41) is 2.71. The predicted molar refractivity (Wildman–Crippen MR) is 137 cm³/mol. The molecule has 7 heteroatoms. The molecule has 0 saturated heterocycles. The van der Waals surface area contributed by atoms with Crippen molar-refractivity contribution in [2.24, 2.45) is 0 Å². The zero-order valence-corrected chi connectivity index (χ0v) is 21.2. The van der Waals surface area contributed by atoms with E-state index in [1.165, 1.54) is 4.88 Å². The van der Waals surface area contributed by atoms with Gasteiger partial charge in [-0.15, -0.1) is 11.3 Å². The lowest BCUT2D eigenvalue weighted by Gasteiger charge is -2.37. The molecule has 0 saturated carbocycles. The molecule has 2 amide bonds. The lowest BCUT2D eigenvalue weighted by atomic mass is 10.00. The number of hydrogen-bond donors (Lipinski definition) is 0. The normalized spacial score (nSPS) is 15.2. The highest BCUT2D eigenvalue weighted by Gasteiger charge is 2.34. The minimum absolute atomic E-state index is 0.0295. The number of carbonyl (C=O) groups is 2. The van der Waals surface area contributed by atoms with Crippen LogP contribution in [0.2, 0.25) is 5.02 Å². The number of benzene rings is 2. The van der Waals surface area contributed by atoms with Crippen LogP contribution in [-0.2, 0) is 11.2 Å². The van der Waals surface area contributed by atoms with Gasteiger partial charge in [0.25, 0.3) is 5.91 Å². The highest BCUT2D eigenvalue weighted by atomic mass is 35.5. The molecule has 3 aromatic rings. The molecule has 1 atom stereocenters. The smallest absolute Gasteiger partial charge is 0.254 e. The SMILES string of the molecule is Cc1ccccc1C(=O)N(CC(=O)N1CCc2sccc2[C@@H]1COc1ccc(Cl)cc1)C(C)C. The van der Waals surface area contributed by atoms with E-state index in [0.29, 0.717) is 29.5 Å². The lowest BCUT2D eigenvalue weighted by Crippen LogP contribution is -2.49. The maximum absolute atomic E-state index is 13.6. The monoisotopic (exact) mass is 496 g/mol. The average Bonchev–Trinajstić information content (AvgIpc) is 3.31. The van der Waals surface area contributed by atoms with Gasteiger partial charge in [0.15, 0.2) is 0 Å². The van der Waals surface area contributed by atoms with Crippen LogP contribution in [0, 0.1) is 6.92 Å². The number of halogens is 1. The first kappa shape index (κ1) is 24.3. The fraction of sp³-hybridized carbons (Fsp3) is 0.333. The lowest BCUT2D eigenvalue weighted by molar-refractivity contribution is -0.136. The largest absolute Gasteiger partial charge is 0.491 e. The Hall–Kier alpha value is -2.83. The average molecular weight is 497 g/mol. The Morgan fingerprint density at radius 1 is 1.15 bits per heavy atom. The number of rotatable bonds is 7. The molecule has 5 nitrogen and oxygen atoms in total. The Bertz CT molecular complexity index is 1160. The summed E-state index contributed by atoms with van der Waals surface area (Å²) in [7, 11) is 0. The van der Waals surface area contributed by atoms with Crippen LogP contribution < -0.4 is 4.74 Å². The van der Waals surface area contributed by atoms with E-state index in [2.05, 4.69) is 11.4 Å². The molecule has 0 unspecified atom stereocenters. The van der Waals surface area contributed by atoms with Crippen molar-refractivity contribution in [1.29, 1.82) is 0 Å². The van der Waals surface area contributed by atoms with E-state index in [0.717, 1.165) is 17.5 Å². The molecule has 0 bridgehead atoms. The molecule has 178 valence electrons. The third-order valence-corrected chi connectivity index (χ3v) is 7.45. The minimum Gasteiger partial charge on any atom is -0.491 e. The molecule has 2 aromatic carbocycles. The summed E-state index contributed by atoms with van der Waals surface area (Å²) < 4.78 is 6.06. The van der Waals surface area contributed by atoms with Crippen LogP contribution in [0.3, 0.4) is 0 Å². The summed E-state index contributed by atoms with van der Waals surface area (Å²) in [5.41, 5.74) is 2.66. The third kappa shape index (κ3) is 5.29. The molecule has 1 aromatic heterocycles. The first-order chi connectivity index (χ1) is 16.3. The molecule has 2 heterocycles. The minimum atomic E-state index is -0.208. The zero-order chi connectivity index (χ0) is 24.2. The topological polar surface area (TPSA) is 49.9 Å². The van der Waals surface area contributed by atoms with E-state index in [9.17, 15) is 9.59 Å². The van der Waals surface area contributed by atoms with E-state index in [1.807, 2.05) is 62.1 Å². The van der Waals surface area contributed by atoms with Crippen molar-refractivity contribution in [2.75, 3.05) is 19.7 Å². The Kier molecular flexibility index (Phi) is 7.59. The van der Waals surface area contributed by atoms with Crippen molar-refractivity contribution >= 4 is 34.8 Å². The van der Waals surface area contributed by atoms with Crippen LogP contribution in [0.15, 0.2) is 60.0 Å². The summed E-state index contributed by atoms with van der Waals surface area (Å²) >= 11 is 7.71. The van der Waals surface area contributed by atoms with E-state index in [4.69, 9.17) is 16.3 Å². The van der Waals surface area contributed by atoms with Crippen molar-refractivity contribution in [3.8, 4) is 5.75 Å². The van der Waals surface area contributed by atoms with E-state index in [1.54, 1.807) is 28.4 Å². The molecule has 0 aliphatic carbocycles. The van der Waals surface area contributed by atoms with E-state index < -0.39 is 0 Å². The number of amides is 2. The fourth-order valence-corrected chi connectivity index (χ4v) is 5.33. The first-order valence-electron chi connectivity index (χ1n) is 11.5. The maximum atomic E-state index is 13.6. The van der Waals surface area contributed by atoms with E-state index in [-0.39, 0.29) is 30.4 Å². The molecule has 0 spiro atoms. The van der Waals surface area contributed by atoms with Gasteiger partial charge < -0.3 is 14.5 Å². The van der Waals surface area contributed by atoms with Gasteiger partial charge in [-0.1, -0.05) is 29.8 Å². The summed E-state index contributed by atoms with van der Waals surface area (Å²) in [4.78, 5) is 31.7. The molecule has 4 rings (SSSR count). The van der Waals surface area contributed by atoms with Crippen LogP contribution in [0.5, 0.6) is 5.75 Å². The quantitative estimate of drug-likeness (QED) is 0.417. The Labute approximate surface area is 209 Å². The van der Waals surface area contributed by atoms with Crippen molar-refractivity contribution in [3.05, 3.63) is 86.6 Å². The second-order valence-electron chi connectivity index (χ2n) is 8.76. The number of aryl methyl sites for hydroxylation is 1. The van der Waals surface area contributed by atoms with Gasteiger partial charge in [0.2, 0.25) is 5.91 Å². The number of carbonyl (C=O) groups excluding carboxylic acids is 2. The van der Waals surface area contributed by atoms with Crippen molar-refractivity contribution in [1.82, 2.24) is 9.80 Å². The number of hydrogen-bond acceptors (Lipinski definition) is 4. The highest BCUT2D eigenvalue weighted by Crippen LogP contribution is 2.34. The maximum Gasteiger partial charge on any atom is 0.254 e. The van der Waals surface area contributed by atoms with Crippen molar-refractivity contribution in [3.63, 3.8) is 0 Å². The summed E-state index contributed by atoms with van der Waals surface area (Å²) in [5.74, 6) is 0.513. The van der Waals surface area contributed by atoms with E-state index >= 15 is 0 Å². The molecule has 0 fully saturated rings. The standard InChI is InChI=1S/C27H29ClN2O3S/c1-18(2)30(27(32)22-7-5-4-6-19(22)3)16-26(31)29-14-12-25-23(13-15-34-25)24(29)17-33-21-10-8-20(28)9-11-21/h4-11,13,15,18,24H,12,14,16-17H2,1-3H3/t24-/m0/s1. The van der Waals surface area contributed by atoms with Crippen LogP contribution in [0.1, 0.15) is 46.3 Å². The number of nitrogens with zero attached hydrogens (tertiary/aromatic N) is 2. The second-order valence-corrected chi connectivity index (χ2v) is 10.2. The number of fused-ring (bicyclic) bond motifs is 1. The summed E-state index contributed by atoms with van der Waals surface area (Å²) in [6, 6.07) is 16.5. The van der Waals surface area contributed by atoms with Gasteiger partial charge in [-0.05, 0) is 80.1 Å². The van der Waals surface area contributed by atoms with Crippen molar-refractivity contribution in [2.45, 2.75) is 39.3 Å². The fourth-order valence-electron chi connectivity index (χ4n) is 4.27. The summed E-state index contributed by atoms with van der Waals surface area (Å²) in [6.07, 6.45) is 0.809. The van der Waals surface area contributed by atoms with Crippen LogP contribution >= 0.6 is 22.9 Å². The van der Waals surface area contributed by atoms with Crippen LogP contribution in [0.25, 0.3) is 0 Å². The van der Waals surface area contributed by atoms with Gasteiger partial charge in [0.1, 0.15) is 18.9 Å². The van der Waals surface area contributed by atoms with Gasteiger partial charge in [0, 0.05) is 28.0 Å². The van der Waals surface area contributed by atoms with Crippen LogP contribution in [-0.4, -0.2) is 47.4 Å². The Balaban J connectivity index is 1.54. The molecular formula is C27H29ClN2O3S. The van der Waals surface area contributed by atoms with Gasteiger partial charge in [0.05, 0.1) is 6.04 Å².